The zero-order valence-electron chi connectivity index (χ0n) is 10.3. The van der Waals surface area contributed by atoms with Crippen LogP contribution in [-0.2, 0) is 0 Å². The third-order valence-corrected chi connectivity index (χ3v) is 3.76. The van der Waals surface area contributed by atoms with E-state index in [1.165, 1.54) is 12.1 Å². The Balaban J connectivity index is 2.19. The summed E-state index contributed by atoms with van der Waals surface area (Å²) in [6, 6.07) is 6.17. The van der Waals surface area contributed by atoms with Gasteiger partial charge >= 0.3 is 6.36 Å². The number of nitrogens with two attached hydrogens (primary N) is 1. The first kappa shape index (κ1) is 13.2. The maximum absolute atomic E-state index is 12.1. The lowest BCUT2D eigenvalue weighted by Crippen LogP contribution is -2.17. The van der Waals surface area contributed by atoms with E-state index in [9.17, 15) is 13.2 Å². The van der Waals surface area contributed by atoms with Gasteiger partial charge in [-0.25, -0.2) is 0 Å². The van der Waals surface area contributed by atoms with Crippen LogP contribution in [0, 0.1) is 11.3 Å². The fourth-order valence-corrected chi connectivity index (χ4v) is 2.75. The predicted molar refractivity (Wildman–Crippen MR) is 62.2 cm³/mol. The number of hydrogen-bond acceptors (Lipinski definition) is 2. The van der Waals surface area contributed by atoms with Gasteiger partial charge in [0.05, 0.1) is 0 Å². The molecule has 1 aliphatic rings. The fraction of sp³-hybridized carbons (Fsp3) is 0.538. The highest BCUT2D eigenvalue weighted by Gasteiger charge is 2.57. The Bertz CT molecular complexity index is 442. The molecule has 0 radical (unpaired) electrons. The summed E-state index contributed by atoms with van der Waals surface area (Å²) in [5, 5.41) is 0. The number of hydrogen-bond donors (Lipinski definition) is 1. The molecule has 2 N–H and O–H groups in total. The van der Waals surface area contributed by atoms with Crippen LogP contribution in [0.25, 0.3) is 0 Å². The van der Waals surface area contributed by atoms with Crippen LogP contribution in [0.5, 0.6) is 5.75 Å². The van der Waals surface area contributed by atoms with Gasteiger partial charge in [0.25, 0.3) is 0 Å². The van der Waals surface area contributed by atoms with Crippen LogP contribution in [0.1, 0.15) is 25.3 Å². The van der Waals surface area contributed by atoms with Crippen molar-refractivity contribution in [1.29, 1.82) is 0 Å². The second-order valence-corrected chi connectivity index (χ2v) is 5.26. The molecule has 18 heavy (non-hydrogen) atoms. The molecule has 0 bridgehead atoms. The molecular formula is C13H16F3NO. The monoisotopic (exact) mass is 259 g/mol. The molecule has 1 saturated carbocycles. The molecule has 0 amide bonds. The molecule has 1 fully saturated rings. The first-order valence-corrected chi connectivity index (χ1v) is 5.81. The van der Waals surface area contributed by atoms with Crippen molar-refractivity contribution >= 4 is 0 Å². The minimum atomic E-state index is -4.65. The smallest absolute Gasteiger partial charge is 0.406 e. The van der Waals surface area contributed by atoms with Crippen molar-refractivity contribution in [2.45, 2.75) is 26.1 Å². The number of alkyl halides is 3. The van der Waals surface area contributed by atoms with Crippen molar-refractivity contribution < 1.29 is 17.9 Å². The van der Waals surface area contributed by atoms with Gasteiger partial charge in [-0.2, -0.15) is 0 Å². The van der Waals surface area contributed by atoms with Gasteiger partial charge in [-0.3, -0.25) is 0 Å². The average molecular weight is 259 g/mol. The maximum atomic E-state index is 12.1. The molecule has 2 atom stereocenters. The molecule has 2 nitrogen and oxygen atoms in total. The molecular weight excluding hydrogens is 243 g/mol. The normalized spacial score (nSPS) is 25.9. The summed E-state index contributed by atoms with van der Waals surface area (Å²) < 4.78 is 40.4. The van der Waals surface area contributed by atoms with Gasteiger partial charge in [0.1, 0.15) is 5.75 Å². The van der Waals surface area contributed by atoms with Crippen molar-refractivity contribution in [3.63, 3.8) is 0 Å². The molecule has 0 spiro atoms. The van der Waals surface area contributed by atoms with E-state index in [1.807, 2.05) is 6.07 Å². The minimum absolute atomic E-state index is 0.0472. The summed E-state index contributed by atoms with van der Waals surface area (Å²) in [4.78, 5) is 0. The van der Waals surface area contributed by atoms with Crippen molar-refractivity contribution in [2.75, 3.05) is 6.54 Å². The molecule has 0 aromatic heterocycles. The SMILES string of the molecule is CC1(C)[C@@H](CN)[C@@H]1c1cccc(OC(F)(F)F)c1. The van der Waals surface area contributed by atoms with E-state index < -0.39 is 6.36 Å². The average Bonchev–Trinajstić information content (AvgIpc) is 2.78. The number of rotatable bonds is 3. The molecule has 1 aromatic carbocycles. The highest BCUT2D eigenvalue weighted by atomic mass is 19.4. The first-order chi connectivity index (χ1) is 8.25. The summed E-state index contributed by atoms with van der Waals surface area (Å²) in [7, 11) is 0. The van der Waals surface area contributed by atoms with E-state index in [-0.39, 0.29) is 17.1 Å². The van der Waals surface area contributed by atoms with E-state index in [0.29, 0.717) is 12.5 Å². The third-order valence-electron chi connectivity index (χ3n) is 3.76. The number of ether oxygens (including phenoxy) is 1. The summed E-state index contributed by atoms with van der Waals surface area (Å²) in [5.74, 6) is 0.358. The molecule has 1 aromatic rings. The van der Waals surface area contributed by atoms with Crippen molar-refractivity contribution in [3.8, 4) is 5.75 Å². The molecule has 100 valence electrons. The third kappa shape index (κ3) is 2.46. The standard InChI is InChI=1S/C13H16F3NO/c1-12(2)10(7-17)11(12)8-4-3-5-9(6-8)18-13(14,15)16/h3-6,10-11H,7,17H2,1-2H3/t10-,11-/m0/s1. The Kier molecular flexibility index (Phi) is 3.05. The van der Waals surface area contributed by atoms with E-state index >= 15 is 0 Å². The summed E-state index contributed by atoms with van der Waals surface area (Å²) in [6.07, 6.45) is -4.65. The van der Waals surface area contributed by atoms with Crippen LogP contribution in [0.2, 0.25) is 0 Å². The largest absolute Gasteiger partial charge is 0.573 e. The zero-order valence-corrected chi connectivity index (χ0v) is 10.3. The van der Waals surface area contributed by atoms with Gasteiger partial charge in [0, 0.05) is 0 Å². The lowest BCUT2D eigenvalue weighted by atomic mass is 10.0. The van der Waals surface area contributed by atoms with Gasteiger partial charge < -0.3 is 10.5 Å². The Morgan fingerprint density at radius 1 is 1.33 bits per heavy atom. The van der Waals surface area contributed by atoms with Crippen LogP contribution in [0.15, 0.2) is 24.3 Å². The molecule has 1 aliphatic carbocycles. The molecule has 0 saturated heterocycles. The molecule has 0 aliphatic heterocycles. The second-order valence-electron chi connectivity index (χ2n) is 5.26. The summed E-state index contributed by atoms with van der Waals surface area (Å²) >= 11 is 0. The lowest BCUT2D eigenvalue weighted by molar-refractivity contribution is -0.274. The summed E-state index contributed by atoms with van der Waals surface area (Å²) in [6.45, 7) is 4.70. The van der Waals surface area contributed by atoms with E-state index in [1.54, 1.807) is 6.07 Å². The van der Waals surface area contributed by atoms with Crippen LogP contribution < -0.4 is 10.5 Å². The molecule has 0 heterocycles. The molecule has 5 heteroatoms. The van der Waals surface area contributed by atoms with Gasteiger partial charge in [-0.05, 0) is 41.5 Å². The Labute approximate surface area is 104 Å². The number of benzene rings is 1. The number of halogens is 3. The van der Waals surface area contributed by atoms with E-state index in [4.69, 9.17) is 5.73 Å². The van der Waals surface area contributed by atoms with E-state index in [0.717, 1.165) is 5.56 Å². The topological polar surface area (TPSA) is 35.2 Å². The Hall–Kier alpha value is -1.23. The van der Waals surface area contributed by atoms with Crippen LogP contribution in [0.4, 0.5) is 13.2 Å². The Morgan fingerprint density at radius 3 is 2.50 bits per heavy atom. The predicted octanol–water partition coefficient (Wildman–Crippen LogP) is 3.28. The van der Waals surface area contributed by atoms with Crippen LogP contribution in [-0.4, -0.2) is 12.9 Å². The van der Waals surface area contributed by atoms with Gasteiger partial charge in [-0.1, -0.05) is 26.0 Å². The molecule has 2 rings (SSSR count). The fourth-order valence-electron chi connectivity index (χ4n) is 2.75. The highest BCUT2D eigenvalue weighted by Crippen LogP contribution is 2.64. The van der Waals surface area contributed by atoms with Crippen LogP contribution >= 0.6 is 0 Å². The van der Waals surface area contributed by atoms with Gasteiger partial charge in [0.2, 0.25) is 0 Å². The van der Waals surface area contributed by atoms with Crippen LogP contribution in [0.3, 0.4) is 0 Å². The Morgan fingerprint density at radius 2 is 2.00 bits per heavy atom. The minimum Gasteiger partial charge on any atom is -0.406 e. The summed E-state index contributed by atoms with van der Waals surface area (Å²) in [5.41, 5.74) is 6.57. The second kappa shape index (κ2) is 4.16. The lowest BCUT2D eigenvalue weighted by Gasteiger charge is -2.10. The zero-order chi connectivity index (χ0) is 13.6. The highest BCUT2D eigenvalue weighted by molar-refractivity contribution is 5.37. The van der Waals surface area contributed by atoms with Crippen molar-refractivity contribution in [1.82, 2.24) is 0 Å². The van der Waals surface area contributed by atoms with Gasteiger partial charge in [0.15, 0.2) is 0 Å². The quantitative estimate of drug-likeness (QED) is 0.904. The van der Waals surface area contributed by atoms with Crippen molar-refractivity contribution in [3.05, 3.63) is 29.8 Å². The maximum Gasteiger partial charge on any atom is 0.573 e. The van der Waals surface area contributed by atoms with Crippen molar-refractivity contribution in [2.24, 2.45) is 17.1 Å². The molecule has 0 unspecified atom stereocenters. The first-order valence-electron chi connectivity index (χ1n) is 5.81. The van der Waals surface area contributed by atoms with E-state index in [2.05, 4.69) is 18.6 Å². The van der Waals surface area contributed by atoms with Gasteiger partial charge in [-0.15, -0.1) is 13.2 Å².